The summed E-state index contributed by atoms with van der Waals surface area (Å²) < 4.78 is 0. The van der Waals surface area contributed by atoms with Gasteiger partial charge in [-0.25, -0.2) is 0 Å². The molecule has 0 heterocycles. The van der Waals surface area contributed by atoms with Crippen LogP contribution in [0.2, 0.25) is 0 Å². The van der Waals surface area contributed by atoms with Crippen molar-refractivity contribution in [2.24, 2.45) is 29.1 Å². The maximum Gasteiger partial charge on any atom is 0.0309 e. The van der Waals surface area contributed by atoms with E-state index in [1.807, 2.05) is 0 Å². The van der Waals surface area contributed by atoms with Gasteiger partial charge in [0.15, 0.2) is 0 Å². The van der Waals surface area contributed by atoms with Crippen LogP contribution in [0.4, 0.5) is 0 Å². The van der Waals surface area contributed by atoms with Crippen LogP contribution in [0.25, 0.3) is 0 Å². The number of rotatable bonds is 0. The van der Waals surface area contributed by atoms with Gasteiger partial charge < -0.3 is 0 Å². The zero-order valence-electron chi connectivity index (χ0n) is 17.7. The molecule has 0 aliphatic heterocycles. The Kier molecular flexibility index (Phi) is 8.77. The Morgan fingerprint density at radius 3 is 1.93 bits per heavy atom. The third kappa shape index (κ3) is 5.77. The second-order valence-corrected chi connectivity index (χ2v) is 7.50. The zero-order valence-corrected chi connectivity index (χ0v) is 17.7. The maximum absolute atomic E-state index is 5.09. The molecular weight excluding hydrogens is 360 g/mol. The molecule has 0 amide bonds. The van der Waals surface area contributed by atoms with Crippen LogP contribution in [-0.4, -0.2) is 0 Å². The minimum Gasteiger partial charge on any atom is -0.106 e. The topological polar surface area (TPSA) is 0 Å². The molecule has 30 heavy (non-hydrogen) atoms. The van der Waals surface area contributed by atoms with Gasteiger partial charge in [-0.2, -0.15) is 0 Å². The highest BCUT2D eigenvalue weighted by molar-refractivity contribution is 5.43. The molecule has 2 saturated carbocycles. The van der Waals surface area contributed by atoms with Crippen molar-refractivity contribution in [1.82, 2.24) is 0 Å². The molecule has 0 nitrogen and oxygen atoms in total. The van der Waals surface area contributed by atoms with E-state index in [-0.39, 0.29) is 11.3 Å². The van der Waals surface area contributed by atoms with E-state index >= 15 is 0 Å². The molecule has 0 bridgehead atoms. The van der Waals surface area contributed by atoms with Crippen molar-refractivity contribution in [2.75, 3.05) is 0 Å². The van der Waals surface area contributed by atoms with Crippen molar-refractivity contribution in [2.45, 2.75) is 46.5 Å². The standard InChI is InChI=1S/C30H22/c1-5-7-9-11-13-14-15-16-18-21-28-22-20-24-30(28)25-26(3)27(4)29(30)23-19-17-12-10-8-6-2/h2,26-29H,20,22,24-25H2,1,3-4H3. The Hall–Kier alpha value is -3.96. The van der Waals surface area contributed by atoms with Crippen LogP contribution in [0, 0.1) is 136 Å². The van der Waals surface area contributed by atoms with Gasteiger partial charge in [0.2, 0.25) is 0 Å². The second-order valence-electron chi connectivity index (χ2n) is 7.50. The molecule has 142 valence electrons. The van der Waals surface area contributed by atoms with Crippen molar-refractivity contribution in [1.29, 1.82) is 0 Å². The summed E-state index contributed by atoms with van der Waals surface area (Å²) >= 11 is 0. The molecule has 0 aromatic rings. The predicted octanol–water partition coefficient (Wildman–Crippen LogP) is 3.75. The van der Waals surface area contributed by atoms with Crippen LogP contribution >= 0.6 is 0 Å². The van der Waals surface area contributed by atoms with Crippen LogP contribution in [-0.2, 0) is 0 Å². The fourth-order valence-electron chi connectivity index (χ4n) is 4.59. The van der Waals surface area contributed by atoms with E-state index in [9.17, 15) is 0 Å². The summed E-state index contributed by atoms with van der Waals surface area (Å²) in [4.78, 5) is 0. The molecule has 5 atom stereocenters. The lowest BCUT2D eigenvalue weighted by Gasteiger charge is -2.33. The average molecular weight is 383 g/mol. The third-order valence-corrected chi connectivity index (χ3v) is 5.93. The monoisotopic (exact) mass is 382 g/mol. The van der Waals surface area contributed by atoms with Crippen molar-refractivity contribution in [3.8, 4) is 107 Å². The largest absolute Gasteiger partial charge is 0.106 e. The van der Waals surface area contributed by atoms with Gasteiger partial charge in [0.05, 0.1) is 0 Å². The molecule has 2 aliphatic rings. The van der Waals surface area contributed by atoms with Crippen LogP contribution in [0.1, 0.15) is 46.5 Å². The van der Waals surface area contributed by atoms with E-state index in [0.29, 0.717) is 17.8 Å². The Morgan fingerprint density at radius 2 is 1.30 bits per heavy atom. The smallest absolute Gasteiger partial charge is 0.0309 e. The molecule has 0 saturated heterocycles. The summed E-state index contributed by atoms with van der Waals surface area (Å²) in [5.74, 6) is 48.9. The van der Waals surface area contributed by atoms with Crippen LogP contribution < -0.4 is 0 Å². The Morgan fingerprint density at radius 1 is 0.733 bits per heavy atom. The molecular formula is C30H22. The Balaban J connectivity index is 2.20. The van der Waals surface area contributed by atoms with E-state index in [4.69, 9.17) is 6.42 Å². The summed E-state index contributed by atoms with van der Waals surface area (Å²) in [6, 6.07) is 0. The van der Waals surface area contributed by atoms with Gasteiger partial charge in [0.1, 0.15) is 0 Å². The van der Waals surface area contributed by atoms with Crippen LogP contribution in [0.15, 0.2) is 0 Å². The van der Waals surface area contributed by atoms with E-state index in [1.165, 1.54) is 6.42 Å². The zero-order chi connectivity index (χ0) is 21.7. The van der Waals surface area contributed by atoms with Gasteiger partial charge in [-0.05, 0) is 126 Å². The summed E-state index contributed by atoms with van der Waals surface area (Å²) in [5, 5.41) is 0. The first kappa shape index (κ1) is 22.3. The highest BCUT2D eigenvalue weighted by atomic mass is 14.6. The van der Waals surface area contributed by atoms with Gasteiger partial charge in [-0.3, -0.25) is 0 Å². The fraction of sp³-hybridized carbons (Fsp3) is 0.400. The average Bonchev–Trinajstić information content (AvgIpc) is 3.24. The maximum atomic E-state index is 5.09. The molecule has 2 aliphatic carbocycles. The molecule has 0 aromatic heterocycles. The predicted molar refractivity (Wildman–Crippen MR) is 123 cm³/mol. The first-order chi connectivity index (χ1) is 14.7. The molecule has 2 fully saturated rings. The van der Waals surface area contributed by atoms with E-state index < -0.39 is 0 Å². The minimum absolute atomic E-state index is 0.128. The van der Waals surface area contributed by atoms with E-state index in [1.54, 1.807) is 6.92 Å². The molecule has 0 aromatic carbocycles. The van der Waals surface area contributed by atoms with Gasteiger partial charge in [-0.15, -0.1) is 6.42 Å². The van der Waals surface area contributed by atoms with Gasteiger partial charge in [0, 0.05) is 11.8 Å². The first-order valence-corrected chi connectivity index (χ1v) is 10.0. The SMILES string of the molecule is C#CC#CC#CC#CC1C(C)C(C)CC12CCCC2C#CC#CC#CC#CC#CC. The fourth-order valence-corrected chi connectivity index (χ4v) is 4.59. The summed E-state index contributed by atoms with van der Waals surface area (Å²) in [6.45, 7) is 6.35. The lowest BCUT2D eigenvalue weighted by Crippen LogP contribution is -2.30. The third-order valence-electron chi connectivity index (χ3n) is 5.93. The Labute approximate surface area is 182 Å². The molecule has 1 spiro atoms. The molecule has 2 rings (SSSR count). The summed E-state index contributed by atoms with van der Waals surface area (Å²) in [5.41, 5.74) is 0.128. The van der Waals surface area contributed by atoms with Gasteiger partial charge in [0.25, 0.3) is 0 Å². The van der Waals surface area contributed by atoms with E-state index in [2.05, 4.69) is 114 Å². The normalized spacial score (nSPS) is 26.6. The lowest BCUT2D eigenvalue weighted by molar-refractivity contribution is 0.191. The van der Waals surface area contributed by atoms with Crippen LogP contribution in [0.3, 0.4) is 0 Å². The minimum atomic E-state index is 0.128. The molecule has 0 heteroatoms. The van der Waals surface area contributed by atoms with E-state index in [0.717, 1.165) is 19.3 Å². The van der Waals surface area contributed by atoms with Gasteiger partial charge >= 0.3 is 0 Å². The van der Waals surface area contributed by atoms with Crippen molar-refractivity contribution < 1.29 is 0 Å². The van der Waals surface area contributed by atoms with Crippen molar-refractivity contribution in [3.63, 3.8) is 0 Å². The number of hydrogen-bond acceptors (Lipinski definition) is 0. The van der Waals surface area contributed by atoms with Gasteiger partial charge in [-0.1, -0.05) is 38.0 Å². The first-order valence-electron chi connectivity index (χ1n) is 10.0. The summed E-state index contributed by atoms with van der Waals surface area (Å²) in [7, 11) is 0. The quantitative estimate of drug-likeness (QED) is 0.560. The summed E-state index contributed by atoms with van der Waals surface area (Å²) in [6.07, 6.45) is 9.68. The molecule has 5 unspecified atom stereocenters. The number of hydrogen-bond donors (Lipinski definition) is 0. The number of terminal acetylenes is 1. The molecule has 0 N–H and O–H groups in total. The lowest BCUT2D eigenvalue weighted by atomic mass is 9.69. The van der Waals surface area contributed by atoms with Crippen LogP contribution in [0.5, 0.6) is 0 Å². The van der Waals surface area contributed by atoms with Crippen molar-refractivity contribution in [3.05, 3.63) is 0 Å². The highest BCUT2D eigenvalue weighted by Gasteiger charge is 2.55. The Bertz CT molecular complexity index is 1210. The highest BCUT2D eigenvalue weighted by Crippen LogP contribution is 2.60. The molecule has 0 radical (unpaired) electrons. The second kappa shape index (κ2) is 11.8. The van der Waals surface area contributed by atoms with Crippen molar-refractivity contribution >= 4 is 0 Å².